The quantitative estimate of drug-likeness (QED) is 0.274. The lowest BCUT2D eigenvalue weighted by Gasteiger charge is -2.19. The molecule has 1 fully saturated rings. The Labute approximate surface area is 244 Å². The molecular weight excluding hydrogens is 583 g/mol. The van der Waals surface area contributed by atoms with Crippen LogP contribution in [0.2, 0.25) is 5.02 Å². The Balaban J connectivity index is 1.73. The fraction of sp³-hybridized carbons (Fsp3) is 0.500. The molecule has 42 heavy (non-hydrogen) atoms. The Morgan fingerprint density at radius 2 is 1.83 bits per heavy atom. The first-order valence-corrected chi connectivity index (χ1v) is 13.2. The van der Waals surface area contributed by atoms with Crippen molar-refractivity contribution in [3.8, 4) is 0 Å². The Morgan fingerprint density at radius 1 is 1.14 bits per heavy atom. The number of aromatic nitrogens is 2. The predicted octanol–water partition coefficient (Wildman–Crippen LogP) is 1.20. The number of halogens is 2. The third-order valence-corrected chi connectivity index (χ3v) is 5.98. The molecule has 14 nitrogen and oxygen atoms in total. The van der Waals surface area contributed by atoms with Gasteiger partial charge in [0.1, 0.15) is 31.1 Å². The molecule has 0 saturated carbocycles. The number of amides is 1. The molecule has 2 heterocycles. The second-order valence-electron chi connectivity index (χ2n) is 10.1. The predicted molar refractivity (Wildman–Crippen MR) is 144 cm³/mol. The number of alkyl carbamates (subject to hydrolysis) is 1. The van der Waals surface area contributed by atoms with Gasteiger partial charge in [-0.3, -0.25) is 19.0 Å². The highest BCUT2D eigenvalue weighted by Gasteiger charge is 2.39. The number of rotatable bonds is 11. The zero-order valence-electron chi connectivity index (χ0n) is 23.2. The van der Waals surface area contributed by atoms with Crippen molar-refractivity contribution in [2.75, 3.05) is 19.7 Å². The Kier molecular flexibility index (Phi) is 11.2. The standard InChI is InChI=1S/C26H32ClFN4O10/c1-26(2,3)42-24(36)30-10-22(34)40-14-32-23(35)17(28)11-31(25(32)37)20-8-18(19(41-20)13-39-21(33)9-29)38-12-15-4-6-16(27)7-5-15/h4-7,11,18-20H,8-10,12-14,29H2,1-3H3,(H,30,36)/t18-,19+,20+/m0/s1. The lowest BCUT2D eigenvalue weighted by Crippen LogP contribution is -2.44. The molecule has 16 heteroatoms. The maximum atomic E-state index is 14.6. The van der Waals surface area contributed by atoms with Crippen LogP contribution in [0.3, 0.4) is 0 Å². The monoisotopic (exact) mass is 614 g/mol. The number of hydrogen-bond donors (Lipinski definition) is 2. The molecule has 0 spiro atoms. The topological polar surface area (TPSA) is 179 Å². The van der Waals surface area contributed by atoms with Crippen LogP contribution in [0.4, 0.5) is 9.18 Å². The van der Waals surface area contributed by atoms with Crippen LogP contribution in [0.1, 0.15) is 39.0 Å². The molecule has 0 aliphatic carbocycles. The van der Waals surface area contributed by atoms with Crippen LogP contribution in [0.15, 0.2) is 40.1 Å². The maximum Gasteiger partial charge on any atom is 0.408 e. The van der Waals surface area contributed by atoms with Crippen LogP contribution in [0.25, 0.3) is 0 Å². The summed E-state index contributed by atoms with van der Waals surface area (Å²) < 4.78 is 42.6. The van der Waals surface area contributed by atoms with Gasteiger partial charge in [0.15, 0.2) is 6.73 Å². The first-order valence-electron chi connectivity index (χ1n) is 12.8. The van der Waals surface area contributed by atoms with Crippen LogP contribution < -0.4 is 22.3 Å². The van der Waals surface area contributed by atoms with Gasteiger partial charge in [-0.05, 0) is 38.5 Å². The molecule has 230 valence electrons. The molecular formula is C26H32ClFN4O10. The minimum atomic E-state index is -1.34. The second kappa shape index (κ2) is 14.4. The Hall–Kier alpha value is -3.79. The van der Waals surface area contributed by atoms with E-state index in [-0.39, 0.29) is 26.2 Å². The number of carbonyl (C=O) groups is 3. The smallest absolute Gasteiger partial charge is 0.408 e. The van der Waals surface area contributed by atoms with Crippen LogP contribution in [-0.2, 0) is 46.6 Å². The first kappa shape index (κ1) is 32.7. The van der Waals surface area contributed by atoms with Crippen molar-refractivity contribution < 1.29 is 42.5 Å². The minimum Gasteiger partial charge on any atom is -0.462 e. The second-order valence-corrected chi connectivity index (χ2v) is 10.6. The van der Waals surface area contributed by atoms with Crippen LogP contribution >= 0.6 is 11.6 Å². The molecule has 0 unspecified atom stereocenters. The highest BCUT2D eigenvalue weighted by atomic mass is 35.5. The van der Waals surface area contributed by atoms with Gasteiger partial charge in [0, 0.05) is 11.4 Å². The third kappa shape index (κ3) is 9.37. The van der Waals surface area contributed by atoms with Gasteiger partial charge in [-0.25, -0.2) is 14.2 Å². The fourth-order valence-electron chi connectivity index (χ4n) is 3.77. The van der Waals surface area contributed by atoms with Crippen molar-refractivity contribution in [3.05, 3.63) is 67.7 Å². The zero-order valence-corrected chi connectivity index (χ0v) is 23.9. The van der Waals surface area contributed by atoms with E-state index in [9.17, 15) is 28.4 Å². The van der Waals surface area contributed by atoms with E-state index < -0.39 is 72.4 Å². The van der Waals surface area contributed by atoms with Gasteiger partial charge < -0.3 is 34.7 Å². The van der Waals surface area contributed by atoms with E-state index in [0.29, 0.717) is 15.8 Å². The van der Waals surface area contributed by atoms with Crippen molar-refractivity contribution in [3.63, 3.8) is 0 Å². The van der Waals surface area contributed by atoms with E-state index in [2.05, 4.69) is 5.32 Å². The SMILES string of the molecule is CC(C)(C)OC(=O)NCC(=O)OCn1c(=O)c(F)cn([C@H]2C[C@H](OCc3ccc(Cl)cc3)[C@@H](COC(=O)CN)O2)c1=O. The number of ether oxygens (including phenoxy) is 5. The Bertz CT molecular complexity index is 1390. The van der Waals surface area contributed by atoms with Gasteiger partial charge in [0.2, 0.25) is 5.82 Å². The van der Waals surface area contributed by atoms with Gasteiger partial charge >= 0.3 is 23.7 Å². The molecule has 1 aromatic heterocycles. The average molecular weight is 615 g/mol. The van der Waals surface area contributed by atoms with E-state index in [1.807, 2.05) is 0 Å². The first-order chi connectivity index (χ1) is 19.8. The highest BCUT2D eigenvalue weighted by Crippen LogP contribution is 2.31. The van der Waals surface area contributed by atoms with Crippen molar-refractivity contribution >= 4 is 29.6 Å². The number of carbonyl (C=O) groups excluding carboxylic acids is 3. The number of nitrogens with zero attached hydrogens (tertiary/aromatic N) is 2. The summed E-state index contributed by atoms with van der Waals surface area (Å²) in [4.78, 5) is 60.9. The molecule has 1 aliphatic heterocycles. The van der Waals surface area contributed by atoms with E-state index in [1.165, 1.54) is 0 Å². The van der Waals surface area contributed by atoms with Gasteiger partial charge in [-0.2, -0.15) is 4.39 Å². The zero-order chi connectivity index (χ0) is 31.0. The number of benzene rings is 1. The van der Waals surface area contributed by atoms with Crippen molar-refractivity contribution in [2.45, 2.75) is 64.6 Å². The summed E-state index contributed by atoms with van der Waals surface area (Å²) in [6.45, 7) is 2.80. The fourth-order valence-corrected chi connectivity index (χ4v) is 3.89. The average Bonchev–Trinajstić information content (AvgIpc) is 3.33. The molecule has 3 N–H and O–H groups in total. The molecule has 1 amide bonds. The summed E-state index contributed by atoms with van der Waals surface area (Å²) in [5, 5.41) is 2.71. The summed E-state index contributed by atoms with van der Waals surface area (Å²) in [6, 6.07) is 6.86. The third-order valence-electron chi connectivity index (χ3n) is 5.73. The summed E-state index contributed by atoms with van der Waals surface area (Å²) in [5.41, 5.74) is 2.88. The van der Waals surface area contributed by atoms with Gasteiger partial charge in [-0.15, -0.1) is 0 Å². The number of nitrogens with two attached hydrogens (primary N) is 1. The summed E-state index contributed by atoms with van der Waals surface area (Å²) in [7, 11) is 0. The number of esters is 2. The molecule has 3 rings (SSSR count). The lowest BCUT2D eigenvalue weighted by molar-refractivity contribution is -0.150. The van der Waals surface area contributed by atoms with Crippen molar-refractivity contribution in [2.24, 2.45) is 5.73 Å². The summed E-state index contributed by atoms with van der Waals surface area (Å²) in [5.74, 6) is -3.03. The van der Waals surface area contributed by atoms with Gasteiger partial charge in [0.05, 0.1) is 25.5 Å². The van der Waals surface area contributed by atoms with E-state index in [0.717, 1.165) is 10.1 Å². The maximum absolute atomic E-state index is 14.6. The largest absolute Gasteiger partial charge is 0.462 e. The van der Waals surface area contributed by atoms with Crippen LogP contribution in [-0.4, -0.2) is 64.7 Å². The minimum absolute atomic E-state index is 0.00950. The summed E-state index contributed by atoms with van der Waals surface area (Å²) >= 11 is 5.92. The van der Waals surface area contributed by atoms with E-state index in [1.54, 1.807) is 45.0 Å². The van der Waals surface area contributed by atoms with Gasteiger partial charge in [0.25, 0.3) is 5.56 Å². The van der Waals surface area contributed by atoms with E-state index >= 15 is 0 Å². The Morgan fingerprint density at radius 3 is 2.48 bits per heavy atom. The molecule has 1 aliphatic rings. The summed E-state index contributed by atoms with van der Waals surface area (Å²) in [6.07, 6.45) is -2.94. The molecule has 0 bridgehead atoms. The number of hydrogen-bond acceptors (Lipinski definition) is 11. The number of nitrogens with one attached hydrogen (secondary N) is 1. The highest BCUT2D eigenvalue weighted by molar-refractivity contribution is 6.30. The van der Waals surface area contributed by atoms with Crippen LogP contribution in [0, 0.1) is 5.82 Å². The lowest BCUT2D eigenvalue weighted by atomic mass is 10.1. The molecule has 1 saturated heterocycles. The molecule has 0 radical (unpaired) electrons. The normalized spacial score (nSPS) is 18.4. The van der Waals surface area contributed by atoms with E-state index in [4.69, 9.17) is 41.0 Å². The molecule has 1 aromatic carbocycles. The van der Waals surface area contributed by atoms with Crippen molar-refractivity contribution in [1.29, 1.82) is 0 Å². The molecule has 3 atom stereocenters. The van der Waals surface area contributed by atoms with Crippen LogP contribution in [0.5, 0.6) is 0 Å². The van der Waals surface area contributed by atoms with Gasteiger partial charge in [-0.1, -0.05) is 23.7 Å². The van der Waals surface area contributed by atoms with Crippen molar-refractivity contribution in [1.82, 2.24) is 14.5 Å². The molecule has 2 aromatic rings.